The fraction of sp³-hybridized carbons (Fsp3) is 0.148. The minimum atomic E-state index is -0.442. The zero-order valence-electron chi connectivity index (χ0n) is 20.6. The fourth-order valence-corrected chi connectivity index (χ4v) is 5.46. The van der Waals surface area contributed by atoms with Gasteiger partial charge in [0.05, 0.1) is 17.9 Å². The molecule has 0 bridgehead atoms. The van der Waals surface area contributed by atoms with E-state index in [1.807, 2.05) is 29.6 Å². The fourth-order valence-electron chi connectivity index (χ4n) is 3.51. The Morgan fingerprint density at radius 3 is 2.44 bits per heavy atom. The Labute approximate surface area is 238 Å². The molecule has 4 rings (SSSR count). The summed E-state index contributed by atoms with van der Waals surface area (Å²) in [6.07, 6.45) is 0. The van der Waals surface area contributed by atoms with E-state index in [9.17, 15) is 15.3 Å². The number of nitriles is 2. The Bertz CT molecular complexity index is 1560. The Morgan fingerprint density at radius 1 is 1.08 bits per heavy atom. The maximum Gasteiger partial charge on any atom is 0.323 e. The average Bonchev–Trinajstić information content (AvgIpc) is 3.41. The van der Waals surface area contributed by atoms with E-state index < -0.39 is 5.97 Å². The third-order valence-corrected chi connectivity index (χ3v) is 7.47. The van der Waals surface area contributed by atoms with Gasteiger partial charge in [-0.1, -0.05) is 47.6 Å². The summed E-state index contributed by atoms with van der Waals surface area (Å²) < 4.78 is 4.83. The summed E-state index contributed by atoms with van der Waals surface area (Å²) in [5.41, 5.74) is 11.8. The quantitative estimate of drug-likeness (QED) is 0.139. The molecule has 0 aliphatic rings. The molecule has 0 atom stereocenters. The Hall–Kier alpha value is -4.13. The maximum atomic E-state index is 11.4. The molecule has 0 radical (unpaired) electrons. The number of esters is 1. The molecule has 3 N–H and O–H groups in total. The van der Waals surface area contributed by atoms with Crippen LogP contribution in [0.25, 0.3) is 21.7 Å². The first-order chi connectivity index (χ1) is 18.9. The van der Waals surface area contributed by atoms with Crippen LogP contribution in [0.3, 0.4) is 0 Å². The van der Waals surface area contributed by atoms with Gasteiger partial charge in [0.25, 0.3) is 0 Å². The van der Waals surface area contributed by atoms with Gasteiger partial charge >= 0.3 is 5.97 Å². The normalized spacial score (nSPS) is 10.5. The van der Waals surface area contributed by atoms with Crippen LogP contribution in [-0.2, 0) is 15.3 Å². The first-order valence-corrected chi connectivity index (χ1v) is 13.8. The SMILES string of the molecule is CCOC(=O)CNOc1ccc(-c2c(C#N)c(N)nc(SCc3csc(-c4ccc(Cl)cc4)n3)c2C#N)cc1. The number of ether oxygens (including phenoxy) is 1. The van der Waals surface area contributed by atoms with Crippen LogP contribution in [0.15, 0.2) is 58.9 Å². The van der Waals surface area contributed by atoms with E-state index in [0.29, 0.717) is 32.7 Å². The molecule has 0 saturated heterocycles. The lowest BCUT2D eigenvalue weighted by molar-refractivity contribution is -0.143. The van der Waals surface area contributed by atoms with Gasteiger partial charge in [0.1, 0.15) is 45.8 Å². The largest absolute Gasteiger partial charge is 0.465 e. The van der Waals surface area contributed by atoms with Crippen LogP contribution < -0.4 is 16.1 Å². The van der Waals surface area contributed by atoms with Gasteiger partial charge in [-0.05, 0) is 36.8 Å². The molecule has 0 amide bonds. The van der Waals surface area contributed by atoms with Crippen molar-refractivity contribution in [2.24, 2.45) is 0 Å². The Morgan fingerprint density at radius 2 is 1.77 bits per heavy atom. The minimum absolute atomic E-state index is 0.0329. The molecule has 2 aromatic carbocycles. The first-order valence-electron chi connectivity index (χ1n) is 11.6. The van der Waals surface area contributed by atoms with Crippen molar-refractivity contribution < 1.29 is 14.4 Å². The standard InChI is InChI=1S/C27H21ClN6O3S2/c1-2-36-23(35)13-32-37-20-9-5-16(6-10-20)24-21(11-29)25(31)34-27(22(24)12-30)39-15-19-14-38-26(33-19)17-3-7-18(28)8-4-17/h3-10,14,32H,2,13,15H2,1H3,(H2,31,34). The van der Waals surface area contributed by atoms with Gasteiger partial charge in [0, 0.05) is 27.3 Å². The van der Waals surface area contributed by atoms with Crippen LogP contribution in [-0.4, -0.2) is 29.1 Å². The Balaban J connectivity index is 1.55. The molecule has 0 fully saturated rings. The highest BCUT2D eigenvalue weighted by Gasteiger charge is 2.21. The number of nitrogens with two attached hydrogens (primary N) is 1. The van der Waals surface area contributed by atoms with E-state index in [-0.39, 0.29) is 30.1 Å². The number of halogens is 1. The van der Waals surface area contributed by atoms with Gasteiger partial charge in [-0.3, -0.25) is 4.79 Å². The molecule has 196 valence electrons. The number of hydrogen-bond acceptors (Lipinski definition) is 11. The van der Waals surface area contributed by atoms with Crippen LogP contribution in [0.2, 0.25) is 5.02 Å². The van der Waals surface area contributed by atoms with Crippen molar-refractivity contribution in [2.45, 2.75) is 17.7 Å². The average molecular weight is 577 g/mol. The number of carbonyl (C=O) groups is 1. The van der Waals surface area contributed by atoms with E-state index in [4.69, 9.17) is 26.9 Å². The number of thioether (sulfide) groups is 1. The number of aromatic nitrogens is 2. The summed E-state index contributed by atoms with van der Waals surface area (Å²) in [7, 11) is 0. The van der Waals surface area contributed by atoms with Crippen molar-refractivity contribution in [3.63, 3.8) is 0 Å². The maximum absolute atomic E-state index is 11.4. The summed E-state index contributed by atoms with van der Waals surface area (Å²) in [6.45, 7) is 1.88. The van der Waals surface area contributed by atoms with E-state index in [0.717, 1.165) is 16.3 Å². The number of nitrogen functional groups attached to an aromatic ring is 1. The minimum Gasteiger partial charge on any atom is -0.465 e. The van der Waals surface area contributed by atoms with E-state index >= 15 is 0 Å². The molecular formula is C27H21ClN6O3S2. The zero-order valence-corrected chi connectivity index (χ0v) is 23.0. The van der Waals surface area contributed by atoms with Crippen LogP contribution in [0.5, 0.6) is 5.75 Å². The number of hydroxylamine groups is 1. The third-order valence-electron chi connectivity index (χ3n) is 5.27. The summed E-state index contributed by atoms with van der Waals surface area (Å²) in [5.74, 6) is 0.472. The van der Waals surface area contributed by atoms with Gasteiger partial charge in [0.2, 0.25) is 0 Å². The molecule has 0 unspecified atom stereocenters. The van der Waals surface area contributed by atoms with Gasteiger partial charge in [0.15, 0.2) is 0 Å². The second kappa shape index (κ2) is 13.1. The van der Waals surface area contributed by atoms with Gasteiger partial charge in [-0.2, -0.15) is 10.5 Å². The summed E-state index contributed by atoms with van der Waals surface area (Å²) in [6, 6.07) is 18.4. The monoisotopic (exact) mass is 576 g/mol. The van der Waals surface area contributed by atoms with Crippen molar-refractivity contribution in [3.8, 4) is 39.6 Å². The number of anilines is 1. The predicted molar refractivity (Wildman–Crippen MR) is 151 cm³/mol. The molecule has 12 heteroatoms. The Kier molecular flexibility index (Phi) is 9.36. The van der Waals surface area contributed by atoms with Crippen LogP contribution in [0.1, 0.15) is 23.7 Å². The number of carbonyl (C=O) groups excluding carboxylic acids is 1. The second-order valence-electron chi connectivity index (χ2n) is 7.84. The van der Waals surface area contributed by atoms with Crippen molar-refractivity contribution in [1.29, 1.82) is 10.5 Å². The number of rotatable bonds is 10. The number of pyridine rings is 1. The third kappa shape index (κ3) is 6.85. The van der Waals surface area contributed by atoms with Crippen molar-refractivity contribution in [1.82, 2.24) is 15.4 Å². The van der Waals surface area contributed by atoms with Gasteiger partial charge in [-0.25, -0.2) is 9.97 Å². The molecule has 0 saturated carbocycles. The number of hydrogen-bond donors (Lipinski definition) is 2. The molecule has 0 aliphatic carbocycles. The highest BCUT2D eigenvalue weighted by molar-refractivity contribution is 7.98. The van der Waals surface area contributed by atoms with Crippen molar-refractivity contribution >= 4 is 46.5 Å². The molecule has 0 spiro atoms. The molecule has 9 nitrogen and oxygen atoms in total. The highest BCUT2D eigenvalue weighted by Crippen LogP contribution is 2.37. The number of nitrogens with zero attached hydrogens (tertiary/aromatic N) is 4. The van der Waals surface area contributed by atoms with Crippen LogP contribution in [0.4, 0.5) is 5.82 Å². The number of nitrogens with one attached hydrogen (secondary N) is 1. The van der Waals surface area contributed by atoms with Crippen LogP contribution in [0, 0.1) is 22.7 Å². The highest BCUT2D eigenvalue weighted by atomic mass is 35.5. The van der Waals surface area contributed by atoms with Crippen molar-refractivity contribution in [3.05, 3.63) is 75.8 Å². The zero-order chi connectivity index (χ0) is 27.8. The van der Waals surface area contributed by atoms with Gasteiger partial charge in [-0.15, -0.1) is 16.8 Å². The number of thiazole rings is 1. The smallest absolute Gasteiger partial charge is 0.323 e. The summed E-state index contributed by atoms with van der Waals surface area (Å²) >= 11 is 8.81. The number of benzene rings is 2. The van der Waals surface area contributed by atoms with Crippen molar-refractivity contribution in [2.75, 3.05) is 18.9 Å². The molecule has 4 aromatic rings. The summed E-state index contributed by atoms with van der Waals surface area (Å²) in [4.78, 5) is 25.9. The molecule has 39 heavy (non-hydrogen) atoms. The van der Waals surface area contributed by atoms with E-state index in [1.165, 1.54) is 23.1 Å². The van der Waals surface area contributed by atoms with Gasteiger partial charge < -0.3 is 15.3 Å². The lowest BCUT2D eigenvalue weighted by Crippen LogP contribution is -2.27. The topological polar surface area (TPSA) is 147 Å². The van der Waals surface area contributed by atoms with E-state index in [1.54, 1.807) is 31.2 Å². The second-order valence-corrected chi connectivity index (χ2v) is 10.1. The first kappa shape index (κ1) is 27.9. The molecular weight excluding hydrogens is 556 g/mol. The lowest BCUT2D eigenvalue weighted by Gasteiger charge is -2.13. The molecule has 2 heterocycles. The summed E-state index contributed by atoms with van der Waals surface area (Å²) in [5, 5.41) is 23.7. The van der Waals surface area contributed by atoms with Crippen LogP contribution >= 0.6 is 34.7 Å². The molecule has 2 aromatic heterocycles. The predicted octanol–water partition coefficient (Wildman–Crippen LogP) is 5.59. The lowest BCUT2D eigenvalue weighted by atomic mass is 9.97. The molecule has 0 aliphatic heterocycles. The van der Waals surface area contributed by atoms with E-state index in [2.05, 4.69) is 27.6 Å².